The van der Waals surface area contributed by atoms with Crippen LogP contribution in [-0.4, -0.2) is 35.0 Å². The van der Waals surface area contributed by atoms with Crippen molar-refractivity contribution in [1.82, 2.24) is 4.90 Å². The van der Waals surface area contributed by atoms with E-state index in [1.807, 2.05) is 19.9 Å². The first-order valence-electron chi connectivity index (χ1n) is 8.23. The van der Waals surface area contributed by atoms with Gasteiger partial charge < -0.3 is 10.0 Å². The molecule has 0 aromatic heterocycles. The van der Waals surface area contributed by atoms with Gasteiger partial charge in [-0.15, -0.1) is 0 Å². The van der Waals surface area contributed by atoms with Crippen molar-refractivity contribution in [1.29, 1.82) is 0 Å². The number of likely N-dealkylation sites (tertiary alicyclic amines) is 1. The molecule has 1 aliphatic carbocycles. The minimum absolute atomic E-state index is 0.00601. The molecule has 3 atom stereocenters. The first-order valence-corrected chi connectivity index (χ1v) is 8.99. The van der Waals surface area contributed by atoms with Crippen LogP contribution in [-0.2, 0) is 9.59 Å². The highest BCUT2D eigenvalue weighted by atomic mass is 35.5. The lowest BCUT2D eigenvalue weighted by Crippen LogP contribution is -2.41. The number of aliphatic carboxylic acids is 1. The fraction of sp³-hybridized carbons (Fsp3) is 0.556. The number of nitrogens with zero attached hydrogens (tertiary/aromatic N) is 1. The molecule has 6 heteroatoms. The van der Waals surface area contributed by atoms with Crippen molar-refractivity contribution in [3.8, 4) is 0 Å². The monoisotopic (exact) mass is 369 g/mol. The summed E-state index contributed by atoms with van der Waals surface area (Å²) in [6, 6.07) is 5.36. The zero-order valence-corrected chi connectivity index (χ0v) is 15.3. The maximum Gasteiger partial charge on any atom is 0.311 e. The van der Waals surface area contributed by atoms with Crippen molar-refractivity contribution >= 4 is 35.1 Å². The number of amides is 1. The topological polar surface area (TPSA) is 57.6 Å². The number of rotatable bonds is 4. The van der Waals surface area contributed by atoms with Gasteiger partial charge in [-0.2, -0.15) is 0 Å². The van der Waals surface area contributed by atoms with E-state index < -0.39 is 11.4 Å². The lowest BCUT2D eigenvalue weighted by molar-refractivity contribution is -0.151. The van der Waals surface area contributed by atoms with Crippen LogP contribution >= 0.6 is 23.2 Å². The third-order valence-corrected chi connectivity index (χ3v) is 6.18. The average molecular weight is 370 g/mol. The summed E-state index contributed by atoms with van der Waals surface area (Å²) < 4.78 is 0. The molecule has 1 saturated heterocycles. The van der Waals surface area contributed by atoms with E-state index in [2.05, 4.69) is 0 Å². The number of benzene rings is 1. The Morgan fingerprint density at radius 2 is 2.04 bits per heavy atom. The Labute approximate surface area is 151 Å². The van der Waals surface area contributed by atoms with Gasteiger partial charge in [0.2, 0.25) is 5.91 Å². The fourth-order valence-electron chi connectivity index (χ4n) is 3.76. The van der Waals surface area contributed by atoms with E-state index in [0.29, 0.717) is 29.6 Å². The molecule has 1 saturated carbocycles. The summed E-state index contributed by atoms with van der Waals surface area (Å²) in [6.07, 6.45) is 1.28. The van der Waals surface area contributed by atoms with Crippen LogP contribution in [0.4, 0.5) is 0 Å². The van der Waals surface area contributed by atoms with Crippen LogP contribution in [0.1, 0.15) is 38.2 Å². The van der Waals surface area contributed by atoms with Crippen LogP contribution in [0, 0.1) is 17.3 Å². The van der Waals surface area contributed by atoms with Gasteiger partial charge in [-0.05, 0) is 42.4 Å². The Balaban J connectivity index is 1.70. The van der Waals surface area contributed by atoms with Crippen molar-refractivity contribution < 1.29 is 14.7 Å². The van der Waals surface area contributed by atoms with E-state index in [4.69, 9.17) is 23.2 Å². The number of halogens is 2. The van der Waals surface area contributed by atoms with Crippen LogP contribution in [0.15, 0.2) is 18.2 Å². The Morgan fingerprint density at radius 1 is 1.33 bits per heavy atom. The molecule has 1 aliphatic heterocycles. The van der Waals surface area contributed by atoms with Gasteiger partial charge in [0.1, 0.15) is 0 Å². The SMILES string of the molecule is CC(C)C1(C(=O)O)CCN(C(=O)C2CC2c2ccc(Cl)cc2Cl)C1. The van der Waals surface area contributed by atoms with Crippen molar-refractivity contribution in [2.45, 2.75) is 32.6 Å². The van der Waals surface area contributed by atoms with Crippen LogP contribution < -0.4 is 0 Å². The molecular formula is C18H21Cl2NO3. The summed E-state index contributed by atoms with van der Waals surface area (Å²) in [5.41, 5.74) is 0.129. The van der Waals surface area contributed by atoms with E-state index in [-0.39, 0.29) is 23.7 Å². The van der Waals surface area contributed by atoms with Gasteiger partial charge in [-0.1, -0.05) is 43.1 Å². The molecule has 130 valence electrons. The molecule has 0 radical (unpaired) electrons. The molecule has 4 nitrogen and oxygen atoms in total. The second kappa shape index (κ2) is 6.23. The zero-order valence-electron chi connectivity index (χ0n) is 13.8. The van der Waals surface area contributed by atoms with Crippen molar-refractivity contribution in [2.24, 2.45) is 17.3 Å². The number of carbonyl (C=O) groups is 2. The Hall–Kier alpha value is -1.26. The highest BCUT2D eigenvalue weighted by Crippen LogP contribution is 2.52. The molecule has 2 fully saturated rings. The Morgan fingerprint density at radius 3 is 2.58 bits per heavy atom. The number of hydrogen-bond donors (Lipinski definition) is 1. The lowest BCUT2D eigenvalue weighted by Gasteiger charge is -2.28. The van der Waals surface area contributed by atoms with Gasteiger partial charge >= 0.3 is 5.97 Å². The summed E-state index contributed by atoms with van der Waals surface area (Å²) in [6.45, 7) is 4.64. The summed E-state index contributed by atoms with van der Waals surface area (Å²) in [5, 5.41) is 10.8. The van der Waals surface area contributed by atoms with E-state index in [1.165, 1.54) is 0 Å². The summed E-state index contributed by atoms with van der Waals surface area (Å²) in [5.74, 6) is -0.745. The summed E-state index contributed by atoms with van der Waals surface area (Å²) in [4.78, 5) is 26.2. The molecule has 1 aromatic carbocycles. The maximum absolute atomic E-state index is 12.8. The zero-order chi connectivity index (χ0) is 17.6. The van der Waals surface area contributed by atoms with Crippen LogP contribution in [0.25, 0.3) is 0 Å². The number of hydrogen-bond acceptors (Lipinski definition) is 2. The molecule has 1 heterocycles. The summed E-state index contributed by atoms with van der Waals surface area (Å²) in [7, 11) is 0. The van der Waals surface area contributed by atoms with Crippen LogP contribution in [0.3, 0.4) is 0 Å². The maximum atomic E-state index is 12.8. The largest absolute Gasteiger partial charge is 0.481 e. The van der Waals surface area contributed by atoms with Crippen molar-refractivity contribution in [2.75, 3.05) is 13.1 Å². The smallest absolute Gasteiger partial charge is 0.311 e. The minimum atomic E-state index is -0.821. The first-order chi connectivity index (χ1) is 11.3. The second-order valence-corrected chi connectivity index (χ2v) is 8.08. The molecule has 2 aliphatic rings. The fourth-order valence-corrected chi connectivity index (χ4v) is 4.31. The van der Waals surface area contributed by atoms with E-state index >= 15 is 0 Å². The van der Waals surface area contributed by atoms with E-state index in [1.54, 1.807) is 17.0 Å². The first kappa shape index (κ1) is 17.6. The standard InChI is InChI=1S/C18H21Cl2NO3/c1-10(2)18(17(23)24)5-6-21(9-18)16(22)14-8-13(14)12-4-3-11(19)7-15(12)20/h3-4,7,10,13-14H,5-6,8-9H2,1-2H3,(H,23,24). The van der Waals surface area contributed by atoms with Crippen LogP contribution in [0.2, 0.25) is 10.0 Å². The molecule has 24 heavy (non-hydrogen) atoms. The Bertz CT molecular complexity index is 691. The molecule has 0 spiro atoms. The van der Waals surface area contributed by atoms with Gasteiger partial charge in [-0.3, -0.25) is 9.59 Å². The van der Waals surface area contributed by atoms with Gasteiger partial charge in [0, 0.05) is 29.1 Å². The second-order valence-electron chi connectivity index (χ2n) is 7.24. The quantitative estimate of drug-likeness (QED) is 0.870. The Kier molecular flexibility index (Phi) is 4.56. The molecule has 1 aromatic rings. The lowest BCUT2D eigenvalue weighted by atomic mass is 9.76. The highest BCUT2D eigenvalue weighted by Gasteiger charge is 2.53. The molecule has 3 unspecified atom stereocenters. The van der Waals surface area contributed by atoms with E-state index in [9.17, 15) is 14.7 Å². The summed E-state index contributed by atoms with van der Waals surface area (Å²) >= 11 is 12.2. The number of carbonyl (C=O) groups excluding carboxylic acids is 1. The molecule has 1 amide bonds. The number of carboxylic acid groups (broad SMARTS) is 1. The molecule has 1 N–H and O–H groups in total. The number of carboxylic acids is 1. The van der Waals surface area contributed by atoms with Gasteiger partial charge in [0.15, 0.2) is 0 Å². The third-order valence-electron chi connectivity index (χ3n) is 5.61. The molecule has 3 rings (SSSR count). The van der Waals surface area contributed by atoms with Gasteiger partial charge in [0.05, 0.1) is 5.41 Å². The molecular weight excluding hydrogens is 349 g/mol. The van der Waals surface area contributed by atoms with Crippen LogP contribution in [0.5, 0.6) is 0 Å². The highest BCUT2D eigenvalue weighted by molar-refractivity contribution is 6.35. The van der Waals surface area contributed by atoms with Crippen molar-refractivity contribution in [3.63, 3.8) is 0 Å². The minimum Gasteiger partial charge on any atom is -0.481 e. The predicted molar refractivity (Wildman–Crippen MR) is 93.4 cm³/mol. The van der Waals surface area contributed by atoms with Crippen molar-refractivity contribution in [3.05, 3.63) is 33.8 Å². The average Bonchev–Trinajstić information content (AvgIpc) is 3.14. The van der Waals surface area contributed by atoms with Gasteiger partial charge in [0.25, 0.3) is 0 Å². The normalized spacial score (nSPS) is 29.1. The third kappa shape index (κ3) is 2.91. The molecule has 0 bridgehead atoms. The van der Waals surface area contributed by atoms with Gasteiger partial charge in [-0.25, -0.2) is 0 Å². The van der Waals surface area contributed by atoms with E-state index in [0.717, 1.165) is 12.0 Å². The predicted octanol–water partition coefficient (Wildman–Crippen LogP) is 4.06.